The van der Waals surface area contributed by atoms with Gasteiger partial charge in [-0.1, -0.05) is 57.7 Å². The van der Waals surface area contributed by atoms with E-state index in [0.29, 0.717) is 0 Å². The first-order chi connectivity index (χ1) is 13.4. The van der Waals surface area contributed by atoms with Crippen LogP contribution in [0.1, 0.15) is 65.7 Å². The summed E-state index contributed by atoms with van der Waals surface area (Å²) in [6.07, 6.45) is 7.20. The fourth-order valence-electron chi connectivity index (χ4n) is 3.22. The number of sulfone groups is 1. The predicted octanol–water partition coefficient (Wildman–Crippen LogP) is 4.04. The Kier molecular flexibility index (Phi) is 12.1. The lowest BCUT2D eigenvalue weighted by molar-refractivity contribution is -0.121. The minimum absolute atomic E-state index is 0.00671. The second kappa shape index (κ2) is 13.7. The van der Waals surface area contributed by atoms with Gasteiger partial charge in [-0.25, -0.2) is 8.42 Å². The number of rotatable bonds is 15. The zero-order chi connectivity index (χ0) is 20.8. The topological polar surface area (TPSA) is 66.5 Å². The lowest BCUT2D eigenvalue weighted by Gasteiger charge is -2.26. The summed E-state index contributed by atoms with van der Waals surface area (Å²) in [6, 6.07) is 8.32. The first-order valence-corrected chi connectivity index (χ1v) is 12.3. The smallest absolute Gasteiger partial charge is 0.221 e. The van der Waals surface area contributed by atoms with Crippen LogP contribution in [0.25, 0.3) is 0 Å². The van der Waals surface area contributed by atoms with E-state index in [0.717, 1.165) is 19.6 Å². The Morgan fingerprint density at radius 1 is 1.00 bits per heavy atom. The molecule has 0 spiro atoms. The minimum atomic E-state index is -3.42. The maximum atomic E-state index is 12.3. The molecule has 0 aromatic heterocycles. The molecule has 0 aliphatic carbocycles. The number of amides is 1. The van der Waals surface area contributed by atoms with E-state index < -0.39 is 9.84 Å². The Bertz CT molecular complexity index is 637. The summed E-state index contributed by atoms with van der Waals surface area (Å²) in [5, 5.41) is 2.97. The van der Waals surface area contributed by atoms with Gasteiger partial charge >= 0.3 is 0 Å². The summed E-state index contributed by atoms with van der Waals surface area (Å²) in [4.78, 5) is 14.9. The van der Waals surface area contributed by atoms with Crippen molar-refractivity contribution in [1.82, 2.24) is 10.2 Å². The first-order valence-electron chi connectivity index (χ1n) is 10.7. The number of benzene rings is 1. The number of hydrogen-bond acceptors (Lipinski definition) is 4. The largest absolute Gasteiger partial charge is 0.352 e. The van der Waals surface area contributed by atoms with Gasteiger partial charge in [0, 0.05) is 19.0 Å². The molecule has 1 rings (SSSR count). The van der Waals surface area contributed by atoms with Crippen molar-refractivity contribution in [3.05, 3.63) is 30.3 Å². The van der Waals surface area contributed by atoms with E-state index in [4.69, 9.17) is 0 Å². The van der Waals surface area contributed by atoms with Crippen LogP contribution < -0.4 is 5.32 Å². The molecule has 1 unspecified atom stereocenters. The molecule has 0 aliphatic heterocycles. The van der Waals surface area contributed by atoms with Crippen LogP contribution in [-0.2, 0) is 14.6 Å². The van der Waals surface area contributed by atoms with Gasteiger partial charge in [0.25, 0.3) is 0 Å². The number of unbranched alkanes of at least 4 members (excludes halogenated alkanes) is 4. The van der Waals surface area contributed by atoms with Crippen LogP contribution in [0.2, 0.25) is 0 Å². The van der Waals surface area contributed by atoms with Crippen molar-refractivity contribution in [3.8, 4) is 0 Å². The quantitative estimate of drug-likeness (QED) is 0.443. The Labute approximate surface area is 171 Å². The van der Waals surface area contributed by atoms with Gasteiger partial charge in [0.1, 0.15) is 0 Å². The SMILES string of the molecule is CCCCCN(CCCCC)CC(C)NC(=O)CCS(=O)(=O)c1ccccc1. The number of nitrogens with zero attached hydrogens (tertiary/aromatic N) is 1. The van der Waals surface area contributed by atoms with Crippen molar-refractivity contribution in [1.29, 1.82) is 0 Å². The van der Waals surface area contributed by atoms with Gasteiger partial charge in [0.05, 0.1) is 10.6 Å². The standard InChI is InChI=1S/C22H38N2O3S/c1-4-6-11-16-24(17-12-7-5-2)19-20(3)23-22(25)15-18-28(26,27)21-13-9-8-10-14-21/h8-10,13-14,20H,4-7,11-12,15-19H2,1-3H3,(H,23,25). The molecule has 6 heteroatoms. The first kappa shape index (κ1) is 24.6. The highest BCUT2D eigenvalue weighted by atomic mass is 32.2. The van der Waals surface area contributed by atoms with E-state index in [1.165, 1.54) is 38.5 Å². The molecule has 0 heterocycles. The van der Waals surface area contributed by atoms with E-state index >= 15 is 0 Å². The molecule has 28 heavy (non-hydrogen) atoms. The normalized spacial score (nSPS) is 12.9. The molecule has 5 nitrogen and oxygen atoms in total. The molecule has 1 N–H and O–H groups in total. The van der Waals surface area contributed by atoms with Crippen LogP contribution in [0.15, 0.2) is 35.2 Å². The molecule has 1 aromatic carbocycles. The maximum Gasteiger partial charge on any atom is 0.221 e. The number of carbonyl (C=O) groups is 1. The van der Waals surface area contributed by atoms with Crippen molar-refractivity contribution in [2.75, 3.05) is 25.4 Å². The molecule has 0 bridgehead atoms. The number of nitrogens with one attached hydrogen (secondary N) is 1. The highest BCUT2D eigenvalue weighted by Gasteiger charge is 2.18. The highest BCUT2D eigenvalue weighted by Crippen LogP contribution is 2.11. The van der Waals surface area contributed by atoms with Crippen LogP contribution >= 0.6 is 0 Å². The van der Waals surface area contributed by atoms with Gasteiger partial charge in [-0.15, -0.1) is 0 Å². The molecule has 0 fully saturated rings. The van der Waals surface area contributed by atoms with Crippen molar-refractivity contribution in [3.63, 3.8) is 0 Å². The zero-order valence-corrected chi connectivity index (χ0v) is 18.6. The fourth-order valence-corrected chi connectivity index (χ4v) is 4.48. The Balaban J connectivity index is 2.45. The molecule has 0 saturated carbocycles. The molecule has 1 amide bonds. The van der Waals surface area contributed by atoms with E-state index in [1.54, 1.807) is 30.3 Å². The summed E-state index contributed by atoms with van der Waals surface area (Å²) in [5.74, 6) is -0.360. The molecule has 0 saturated heterocycles. The average Bonchev–Trinajstić information content (AvgIpc) is 2.67. The summed E-state index contributed by atoms with van der Waals surface area (Å²) in [7, 11) is -3.42. The molecule has 1 atom stereocenters. The lowest BCUT2D eigenvalue weighted by atomic mass is 10.2. The van der Waals surface area contributed by atoms with Crippen molar-refractivity contribution >= 4 is 15.7 Å². The van der Waals surface area contributed by atoms with Crippen molar-refractivity contribution < 1.29 is 13.2 Å². The van der Waals surface area contributed by atoms with Gasteiger partial charge in [0.2, 0.25) is 5.91 Å². The molecule has 160 valence electrons. The van der Waals surface area contributed by atoms with Crippen LogP contribution in [0.3, 0.4) is 0 Å². The molecule has 0 aliphatic rings. The summed E-state index contributed by atoms with van der Waals surface area (Å²) in [6.45, 7) is 9.32. The fraction of sp³-hybridized carbons (Fsp3) is 0.682. The summed E-state index contributed by atoms with van der Waals surface area (Å²) < 4.78 is 24.6. The molecule has 1 aromatic rings. The van der Waals surface area contributed by atoms with Gasteiger partial charge in [-0.2, -0.15) is 0 Å². The number of carbonyl (C=O) groups excluding carboxylic acids is 1. The maximum absolute atomic E-state index is 12.3. The number of hydrogen-bond donors (Lipinski definition) is 1. The minimum Gasteiger partial charge on any atom is -0.352 e. The van der Waals surface area contributed by atoms with Gasteiger partial charge in [-0.05, 0) is 45.0 Å². The van der Waals surface area contributed by atoms with E-state index in [1.807, 2.05) is 6.92 Å². The van der Waals surface area contributed by atoms with E-state index in [9.17, 15) is 13.2 Å². The van der Waals surface area contributed by atoms with Crippen LogP contribution in [0, 0.1) is 0 Å². The third-order valence-corrected chi connectivity index (χ3v) is 6.53. The highest BCUT2D eigenvalue weighted by molar-refractivity contribution is 7.91. The van der Waals surface area contributed by atoms with Crippen LogP contribution in [0.5, 0.6) is 0 Å². The molecular formula is C22H38N2O3S. The van der Waals surface area contributed by atoms with Gasteiger partial charge in [0.15, 0.2) is 9.84 Å². The zero-order valence-electron chi connectivity index (χ0n) is 17.8. The Morgan fingerprint density at radius 2 is 1.57 bits per heavy atom. The second-order valence-electron chi connectivity index (χ2n) is 7.57. The van der Waals surface area contributed by atoms with E-state index in [2.05, 4.69) is 24.1 Å². The monoisotopic (exact) mass is 410 g/mol. The van der Waals surface area contributed by atoms with Crippen LogP contribution in [0.4, 0.5) is 0 Å². The van der Waals surface area contributed by atoms with Crippen molar-refractivity contribution in [2.24, 2.45) is 0 Å². The van der Waals surface area contributed by atoms with E-state index in [-0.39, 0.29) is 29.0 Å². The predicted molar refractivity (Wildman–Crippen MR) is 116 cm³/mol. The summed E-state index contributed by atoms with van der Waals surface area (Å²) >= 11 is 0. The lowest BCUT2D eigenvalue weighted by Crippen LogP contribution is -2.43. The Hall–Kier alpha value is -1.40. The van der Waals surface area contributed by atoms with Gasteiger partial charge < -0.3 is 10.2 Å². The average molecular weight is 411 g/mol. The van der Waals surface area contributed by atoms with Crippen molar-refractivity contribution in [2.45, 2.75) is 76.7 Å². The molecule has 0 radical (unpaired) electrons. The van der Waals surface area contributed by atoms with Crippen LogP contribution in [-0.4, -0.2) is 50.7 Å². The summed E-state index contributed by atoms with van der Waals surface area (Å²) in [5.41, 5.74) is 0. The third-order valence-electron chi connectivity index (χ3n) is 4.80. The van der Waals surface area contributed by atoms with Gasteiger partial charge in [-0.3, -0.25) is 4.79 Å². The molecular weight excluding hydrogens is 372 g/mol. The Morgan fingerprint density at radius 3 is 2.11 bits per heavy atom. The third kappa shape index (κ3) is 10.2. The second-order valence-corrected chi connectivity index (χ2v) is 9.67.